The Labute approximate surface area is 114 Å². The van der Waals surface area contributed by atoms with Crippen LogP contribution in [0.1, 0.15) is 23.0 Å². The van der Waals surface area contributed by atoms with Crippen molar-refractivity contribution in [2.24, 2.45) is 0 Å². The SMILES string of the molecule is CCOC(=O)c1ncc(CBr)c(OC(F)(F)F)c1O. The van der Waals surface area contributed by atoms with Crippen LogP contribution in [0.25, 0.3) is 0 Å². The topological polar surface area (TPSA) is 68.7 Å². The summed E-state index contributed by atoms with van der Waals surface area (Å²) in [6.07, 6.45) is -4.01. The van der Waals surface area contributed by atoms with Gasteiger partial charge in [0.1, 0.15) is 0 Å². The number of halogens is 4. The lowest BCUT2D eigenvalue weighted by atomic mass is 10.2. The van der Waals surface area contributed by atoms with E-state index >= 15 is 0 Å². The maximum Gasteiger partial charge on any atom is 0.573 e. The molecule has 1 heterocycles. The third-order valence-electron chi connectivity index (χ3n) is 1.91. The summed E-state index contributed by atoms with van der Waals surface area (Å²) in [6, 6.07) is 0. The van der Waals surface area contributed by atoms with E-state index < -0.39 is 29.5 Å². The van der Waals surface area contributed by atoms with Crippen molar-refractivity contribution in [1.29, 1.82) is 0 Å². The number of pyridine rings is 1. The standard InChI is InChI=1S/C10H9BrF3NO4/c1-2-18-9(17)6-7(16)8(19-10(12,13)14)5(3-11)4-15-6/h4,16H,2-3H2,1H3. The molecule has 1 aromatic rings. The predicted octanol–water partition coefficient (Wildman–Crippen LogP) is 2.76. The number of carbonyl (C=O) groups is 1. The van der Waals surface area contributed by atoms with E-state index in [-0.39, 0.29) is 17.5 Å². The highest BCUT2D eigenvalue weighted by atomic mass is 79.9. The van der Waals surface area contributed by atoms with E-state index in [0.717, 1.165) is 6.20 Å². The first-order valence-corrected chi connectivity index (χ1v) is 6.12. The monoisotopic (exact) mass is 343 g/mol. The molecule has 0 radical (unpaired) electrons. The molecular weight excluding hydrogens is 335 g/mol. The van der Waals surface area contributed by atoms with Crippen LogP contribution in [0.15, 0.2) is 6.20 Å². The number of alkyl halides is 4. The second kappa shape index (κ2) is 6.09. The first kappa shape index (κ1) is 15.5. The van der Waals surface area contributed by atoms with Crippen molar-refractivity contribution in [3.63, 3.8) is 0 Å². The molecular formula is C10H9BrF3NO4. The van der Waals surface area contributed by atoms with E-state index in [4.69, 9.17) is 0 Å². The Bertz CT molecular complexity index is 479. The highest BCUT2D eigenvalue weighted by molar-refractivity contribution is 9.08. The van der Waals surface area contributed by atoms with Gasteiger partial charge in [-0.25, -0.2) is 9.78 Å². The van der Waals surface area contributed by atoms with Crippen LogP contribution in [0.2, 0.25) is 0 Å². The van der Waals surface area contributed by atoms with Crippen molar-refractivity contribution in [3.8, 4) is 11.5 Å². The number of ether oxygens (including phenoxy) is 2. The molecule has 0 aliphatic heterocycles. The molecule has 0 fully saturated rings. The minimum Gasteiger partial charge on any atom is -0.503 e. The van der Waals surface area contributed by atoms with E-state index in [1.165, 1.54) is 6.92 Å². The molecule has 5 nitrogen and oxygen atoms in total. The Morgan fingerprint density at radius 1 is 1.53 bits per heavy atom. The van der Waals surface area contributed by atoms with Gasteiger partial charge in [0, 0.05) is 17.1 Å². The lowest BCUT2D eigenvalue weighted by molar-refractivity contribution is -0.275. The molecule has 1 N–H and O–H groups in total. The largest absolute Gasteiger partial charge is 0.573 e. The highest BCUT2D eigenvalue weighted by Crippen LogP contribution is 2.37. The average Bonchev–Trinajstić information content (AvgIpc) is 2.30. The number of aromatic nitrogens is 1. The second-order valence-electron chi connectivity index (χ2n) is 3.21. The quantitative estimate of drug-likeness (QED) is 0.672. The second-order valence-corrected chi connectivity index (χ2v) is 3.77. The highest BCUT2D eigenvalue weighted by Gasteiger charge is 2.35. The van der Waals surface area contributed by atoms with Crippen LogP contribution in [0.3, 0.4) is 0 Å². The van der Waals surface area contributed by atoms with Gasteiger partial charge in [-0.05, 0) is 6.92 Å². The van der Waals surface area contributed by atoms with Gasteiger partial charge in [-0.3, -0.25) is 0 Å². The van der Waals surface area contributed by atoms with Gasteiger partial charge in [-0.15, -0.1) is 13.2 Å². The summed E-state index contributed by atoms with van der Waals surface area (Å²) in [4.78, 5) is 14.9. The third-order valence-corrected chi connectivity index (χ3v) is 2.52. The van der Waals surface area contributed by atoms with Crippen LogP contribution < -0.4 is 4.74 Å². The molecule has 0 unspecified atom stereocenters. The molecule has 0 amide bonds. The molecule has 9 heteroatoms. The van der Waals surface area contributed by atoms with Gasteiger partial charge in [0.2, 0.25) is 0 Å². The molecule has 0 aromatic carbocycles. The number of esters is 1. The Morgan fingerprint density at radius 2 is 2.16 bits per heavy atom. The van der Waals surface area contributed by atoms with Crippen LogP contribution in [-0.4, -0.2) is 29.0 Å². The van der Waals surface area contributed by atoms with Crippen molar-refractivity contribution >= 4 is 21.9 Å². The number of aromatic hydroxyl groups is 1. The van der Waals surface area contributed by atoms with Gasteiger partial charge >= 0.3 is 12.3 Å². The Morgan fingerprint density at radius 3 is 2.63 bits per heavy atom. The third kappa shape index (κ3) is 3.98. The Hall–Kier alpha value is -1.51. The fourth-order valence-corrected chi connectivity index (χ4v) is 1.59. The maximum atomic E-state index is 12.2. The van der Waals surface area contributed by atoms with Gasteiger partial charge in [-0.2, -0.15) is 0 Å². The number of carbonyl (C=O) groups excluding carboxylic acids is 1. The van der Waals surface area contributed by atoms with Gasteiger partial charge in [0.05, 0.1) is 6.61 Å². The average molecular weight is 344 g/mol. The summed E-state index contributed by atoms with van der Waals surface area (Å²) >= 11 is 2.93. The summed E-state index contributed by atoms with van der Waals surface area (Å²) in [5.74, 6) is -2.91. The molecule has 1 rings (SSSR count). The van der Waals surface area contributed by atoms with Crippen molar-refractivity contribution < 1.29 is 32.5 Å². The summed E-state index contributed by atoms with van der Waals surface area (Å²) in [7, 11) is 0. The molecule has 1 aromatic heterocycles. The molecule has 0 aliphatic carbocycles. The molecule has 0 spiro atoms. The predicted molar refractivity (Wildman–Crippen MR) is 61.2 cm³/mol. The smallest absolute Gasteiger partial charge is 0.503 e. The summed E-state index contributed by atoms with van der Waals surface area (Å²) in [5.41, 5.74) is -0.686. The maximum absolute atomic E-state index is 12.2. The number of nitrogens with zero attached hydrogens (tertiary/aromatic N) is 1. The zero-order chi connectivity index (χ0) is 14.6. The molecule has 19 heavy (non-hydrogen) atoms. The summed E-state index contributed by atoms with van der Waals surface area (Å²) < 4.78 is 45.0. The van der Waals surface area contributed by atoms with Crippen molar-refractivity contribution in [1.82, 2.24) is 4.98 Å². The van der Waals surface area contributed by atoms with E-state index in [9.17, 15) is 23.1 Å². The molecule has 106 valence electrons. The van der Waals surface area contributed by atoms with Crippen LogP contribution in [-0.2, 0) is 10.1 Å². The lowest BCUT2D eigenvalue weighted by Crippen LogP contribution is -2.19. The minimum atomic E-state index is -5.00. The summed E-state index contributed by atoms with van der Waals surface area (Å²) in [5, 5.41) is 9.61. The number of hydrogen-bond acceptors (Lipinski definition) is 5. The number of rotatable bonds is 4. The molecule has 0 saturated carbocycles. The molecule has 0 atom stereocenters. The van der Waals surface area contributed by atoms with Gasteiger partial charge < -0.3 is 14.6 Å². The van der Waals surface area contributed by atoms with Gasteiger partial charge in [0.15, 0.2) is 17.2 Å². The van der Waals surface area contributed by atoms with E-state index in [1.807, 2.05) is 0 Å². The lowest BCUT2D eigenvalue weighted by Gasteiger charge is -2.14. The van der Waals surface area contributed by atoms with Crippen LogP contribution >= 0.6 is 15.9 Å². The van der Waals surface area contributed by atoms with Crippen molar-refractivity contribution in [3.05, 3.63) is 17.5 Å². The van der Waals surface area contributed by atoms with Crippen LogP contribution in [0, 0.1) is 0 Å². The first-order valence-electron chi connectivity index (χ1n) is 4.99. The molecule has 0 saturated heterocycles. The fourth-order valence-electron chi connectivity index (χ4n) is 1.20. The molecule has 0 bridgehead atoms. The van der Waals surface area contributed by atoms with Crippen molar-refractivity contribution in [2.75, 3.05) is 6.61 Å². The first-order chi connectivity index (χ1) is 8.80. The minimum absolute atomic E-state index is 0.00435. The zero-order valence-corrected chi connectivity index (χ0v) is 11.2. The van der Waals surface area contributed by atoms with E-state index in [0.29, 0.717) is 0 Å². The fraction of sp³-hybridized carbons (Fsp3) is 0.400. The van der Waals surface area contributed by atoms with E-state index in [2.05, 4.69) is 30.4 Å². The van der Waals surface area contributed by atoms with Crippen molar-refractivity contribution in [2.45, 2.75) is 18.6 Å². The van der Waals surface area contributed by atoms with Gasteiger partial charge in [0.25, 0.3) is 0 Å². The zero-order valence-electron chi connectivity index (χ0n) is 9.62. The number of hydrogen-bond donors (Lipinski definition) is 1. The summed E-state index contributed by atoms with van der Waals surface area (Å²) in [6.45, 7) is 1.50. The van der Waals surface area contributed by atoms with Crippen LogP contribution in [0.4, 0.5) is 13.2 Å². The van der Waals surface area contributed by atoms with E-state index in [1.54, 1.807) is 0 Å². The Kier molecular flexibility index (Phi) is 4.98. The normalized spacial score (nSPS) is 11.2. The molecule has 0 aliphatic rings. The van der Waals surface area contributed by atoms with Gasteiger partial charge in [-0.1, -0.05) is 15.9 Å². The Balaban J connectivity index is 3.25. The van der Waals surface area contributed by atoms with Crippen LogP contribution in [0.5, 0.6) is 11.5 Å².